The van der Waals surface area contributed by atoms with Gasteiger partial charge in [0.25, 0.3) is 0 Å². The maximum absolute atomic E-state index is 7.50. The van der Waals surface area contributed by atoms with Gasteiger partial charge in [-0.25, -0.2) is 0 Å². The van der Waals surface area contributed by atoms with Crippen LogP contribution in [0.2, 0.25) is 0 Å². The summed E-state index contributed by atoms with van der Waals surface area (Å²) in [5.41, 5.74) is 1.29. The summed E-state index contributed by atoms with van der Waals surface area (Å²) in [6.45, 7) is 6.56. The number of rotatable bonds is 6. The van der Waals surface area contributed by atoms with Gasteiger partial charge in [0, 0.05) is 19.5 Å². The Labute approximate surface area is 301 Å². The van der Waals surface area contributed by atoms with E-state index in [1.807, 2.05) is 24.3 Å². The Morgan fingerprint density at radius 1 is 0.354 bits per heavy atom. The SMILES string of the molecule is Cc1cc[c-]cc1.[C-]#[O+].[Rh].c1ccc(P(c2ccccc2)c2ccccc2)cc1.c1ccc(P(c2ccccc2)c2ccccc2)cc1. The Kier molecular flexibility index (Phi) is 17.8. The zero-order valence-corrected chi connectivity index (χ0v) is 30.2. The van der Waals surface area contributed by atoms with E-state index in [1.54, 1.807) is 0 Å². The van der Waals surface area contributed by atoms with E-state index in [0.29, 0.717) is 0 Å². The Bertz CT molecular complexity index is 1510. The molecule has 0 saturated heterocycles. The molecule has 0 fully saturated rings. The summed E-state index contributed by atoms with van der Waals surface area (Å²) in [7, 11) is -0.892. The Morgan fingerprint density at radius 3 is 0.688 bits per heavy atom. The van der Waals surface area contributed by atoms with Crippen molar-refractivity contribution in [3.05, 3.63) is 225 Å². The number of benzene rings is 7. The summed E-state index contributed by atoms with van der Waals surface area (Å²) in [5.74, 6) is 0. The van der Waals surface area contributed by atoms with Crippen LogP contribution in [0.3, 0.4) is 0 Å². The van der Waals surface area contributed by atoms with Crippen LogP contribution >= 0.6 is 15.8 Å². The molecular weight excluding hydrogens is 709 g/mol. The van der Waals surface area contributed by atoms with Crippen LogP contribution in [0.1, 0.15) is 5.56 Å². The molecule has 7 rings (SSSR count). The molecule has 0 bridgehead atoms. The van der Waals surface area contributed by atoms with Gasteiger partial charge >= 0.3 is 11.3 Å². The molecule has 0 N–H and O–H groups in total. The van der Waals surface area contributed by atoms with Crippen molar-refractivity contribution in [1.29, 1.82) is 0 Å². The standard InChI is InChI=1S/2C18H15P.C7H7.CO.Rh/c2*1-4-10-16(11-5-1)19(17-12-6-2-7-13-17)18-14-8-3-9-15-18;1-7-5-3-2-4-6-7;1-2;/h2*1-15H;3-6H,1H3;;/q;;-1;;. The molecular formula is C44H37OP2Rh-. The third-order valence-electron chi connectivity index (χ3n) is 6.97. The van der Waals surface area contributed by atoms with E-state index < -0.39 is 15.8 Å². The van der Waals surface area contributed by atoms with Gasteiger partial charge in [-0.05, 0) is 47.7 Å². The first kappa shape index (κ1) is 38.2. The zero-order chi connectivity index (χ0) is 32.9. The molecule has 0 spiro atoms. The van der Waals surface area contributed by atoms with Crippen LogP contribution in [0.5, 0.6) is 0 Å². The van der Waals surface area contributed by atoms with Crippen LogP contribution in [-0.2, 0) is 24.1 Å². The van der Waals surface area contributed by atoms with Gasteiger partial charge in [0.1, 0.15) is 0 Å². The third-order valence-corrected chi connectivity index (χ3v) is 11.9. The molecule has 0 saturated carbocycles. The largest absolute Gasteiger partial charge is 0.0622 e. The molecule has 4 heteroatoms. The van der Waals surface area contributed by atoms with E-state index in [4.69, 9.17) is 4.65 Å². The fourth-order valence-corrected chi connectivity index (χ4v) is 9.44. The van der Waals surface area contributed by atoms with Gasteiger partial charge in [-0.2, -0.15) is 35.9 Å². The minimum atomic E-state index is -0.446. The monoisotopic (exact) mass is 746 g/mol. The minimum absolute atomic E-state index is 0. The van der Waals surface area contributed by atoms with Crippen LogP contribution in [-0.4, -0.2) is 0 Å². The predicted octanol–water partition coefficient (Wildman–Crippen LogP) is 8.64. The normalized spacial score (nSPS) is 9.69. The molecule has 0 unspecified atom stereocenters. The minimum Gasteiger partial charge on any atom is -0.0622 e. The van der Waals surface area contributed by atoms with Crippen molar-refractivity contribution in [3.8, 4) is 0 Å². The summed E-state index contributed by atoms with van der Waals surface area (Å²) in [6.07, 6.45) is 0. The van der Waals surface area contributed by atoms with Crippen LogP contribution in [0.15, 0.2) is 206 Å². The van der Waals surface area contributed by atoms with Crippen molar-refractivity contribution in [2.45, 2.75) is 6.92 Å². The summed E-state index contributed by atoms with van der Waals surface area (Å²) < 4.78 is 7.50. The van der Waals surface area contributed by atoms with E-state index in [9.17, 15) is 0 Å². The second kappa shape index (κ2) is 22.4. The van der Waals surface area contributed by atoms with Crippen LogP contribution in [0, 0.1) is 19.6 Å². The molecule has 0 atom stereocenters. The first-order chi connectivity index (χ1) is 23.3. The van der Waals surface area contributed by atoms with E-state index in [-0.39, 0.29) is 19.5 Å². The molecule has 0 amide bonds. The summed E-state index contributed by atoms with van der Waals surface area (Å²) in [6, 6.07) is 75.5. The van der Waals surface area contributed by atoms with Crippen molar-refractivity contribution in [2.24, 2.45) is 0 Å². The maximum Gasteiger partial charge on any atom is 0 e. The average molecular weight is 747 g/mol. The summed E-state index contributed by atoms with van der Waals surface area (Å²) >= 11 is 0. The molecule has 48 heavy (non-hydrogen) atoms. The van der Waals surface area contributed by atoms with Gasteiger partial charge < -0.3 is 0 Å². The van der Waals surface area contributed by atoms with Gasteiger partial charge in [-0.15, -0.1) is 0 Å². The van der Waals surface area contributed by atoms with Crippen molar-refractivity contribution < 1.29 is 24.1 Å². The third kappa shape index (κ3) is 12.1. The fourth-order valence-electron chi connectivity index (χ4n) is 4.83. The van der Waals surface area contributed by atoms with E-state index in [2.05, 4.69) is 202 Å². The van der Waals surface area contributed by atoms with E-state index in [1.165, 1.54) is 37.4 Å². The number of hydrogen-bond acceptors (Lipinski definition) is 0. The van der Waals surface area contributed by atoms with Gasteiger partial charge in [0.15, 0.2) is 0 Å². The van der Waals surface area contributed by atoms with E-state index in [0.717, 1.165) is 0 Å². The Balaban J connectivity index is 0.000000205. The van der Waals surface area contributed by atoms with Gasteiger partial charge in [-0.1, -0.05) is 189 Å². The molecule has 0 heterocycles. The molecule has 7 aromatic rings. The quantitative estimate of drug-likeness (QED) is 0.0704. The Hall–Kier alpha value is -4.24. The smallest absolute Gasteiger partial charge is 0 e. The molecule has 0 aliphatic rings. The van der Waals surface area contributed by atoms with Crippen molar-refractivity contribution in [1.82, 2.24) is 0 Å². The summed E-state index contributed by atoms with van der Waals surface area (Å²) in [4.78, 5) is 0. The molecule has 7 aromatic carbocycles. The van der Waals surface area contributed by atoms with Crippen LogP contribution in [0.25, 0.3) is 0 Å². The first-order valence-corrected chi connectivity index (χ1v) is 18.0. The van der Waals surface area contributed by atoms with Crippen molar-refractivity contribution >= 4 is 47.7 Å². The number of aryl methyl sites for hydroxylation is 1. The van der Waals surface area contributed by atoms with Crippen molar-refractivity contribution in [2.75, 3.05) is 0 Å². The predicted molar refractivity (Wildman–Crippen MR) is 204 cm³/mol. The van der Waals surface area contributed by atoms with Gasteiger partial charge in [0.05, 0.1) is 0 Å². The zero-order valence-electron chi connectivity index (χ0n) is 26.8. The molecule has 1 nitrogen and oxygen atoms in total. The number of hydrogen-bond donors (Lipinski definition) is 0. The second-order valence-corrected chi connectivity index (χ2v) is 14.7. The van der Waals surface area contributed by atoms with Crippen LogP contribution < -0.4 is 31.8 Å². The Morgan fingerprint density at radius 2 is 0.542 bits per heavy atom. The summed E-state index contributed by atoms with van der Waals surface area (Å²) in [5, 5.41) is 8.39. The van der Waals surface area contributed by atoms with Gasteiger partial charge in [-0.3, -0.25) is 0 Å². The second-order valence-electron chi connectivity index (χ2n) is 10.3. The van der Waals surface area contributed by atoms with Crippen molar-refractivity contribution in [3.63, 3.8) is 0 Å². The maximum atomic E-state index is 7.50. The molecule has 239 valence electrons. The molecule has 1 radical (unpaired) electrons. The molecule has 0 aromatic heterocycles. The molecule has 0 aliphatic carbocycles. The first-order valence-electron chi connectivity index (χ1n) is 15.3. The van der Waals surface area contributed by atoms with E-state index >= 15 is 0 Å². The molecule has 0 aliphatic heterocycles. The topological polar surface area (TPSA) is 19.9 Å². The average Bonchev–Trinajstić information content (AvgIpc) is 3.16. The van der Waals surface area contributed by atoms with Gasteiger partial charge in [0.2, 0.25) is 0 Å². The fraction of sp³-hybridized carbons (Fsp3) is 0.0227. The van der Waals surface area contributed by atoms with Crippen LogP contribution in [0.4, 0.5) is 0 Å².